The number of rotatable bonds is 7. The second kappa shape index (κ2) is 12.4. The van der Waals surface area contributed by atoms with Crippen LogP contribution in [-0.4, -0.2) is 17.3 Å². The zero-order valence-corrected chi connectivity index (χ0v) is 16.3. The lowest BCUT2D eigenvalue weighted by Gasteiger charge is -1.98. The van der Waals surface area contributed by atoms with Crippen molar-refractivity contribution in [2.45, 2.75) is 0 Å². The van der Waals surface area contributed by atoms with E-state index in [0.29, 0.717) is 11.4 Å². The number of para-hydroxylation sites is 2. The third kappa shape index (κ3) is 7.11. The van der Waals surface area contributed by atoms with Gasteiger partial charge in [-0.15, -0.1) is 0 Å². The molecule has 6 nitrogen and oxygen atoms in total. The Balaban J connectivity index is 2.18. The standard InChI is InChI=1S/C25H15N6/c26-16-20(24(18-28)30-22-12-6-2-7-13-22)10-4-1-5-11-21(17-27)25(19-29)31-23-14-8-3-9-15-23/h1-15H/q-1/b4-1+,11-5+,20-10+,30-24?,31-25?. The van der Waals surface area contributed by atoms with Crippen LogP contribution < -0.4 is 0 Å². The maximum atomic E-state index is 9.33. The van der Waals surface area contributed by atoms with Crippen LogP contribution >= 0.6 is 0 Å². The van der Waals surface area contributed by atoms with Gasteiger partial charge < -0.3 is 5.41 Å². The number of hydrogen-bond donors (Lipinski definition) is 0. The molecule has 0 saturated heterocycles. The lowest BCUT2D eigenvalue weighted by molar-refractivity contribution is 1.46. The summed E-state index contributed by atoms with van der Waals surface area (Å²) >= 11 is 0. The number of aliphatic imine (C=N–C) groups is 2. The molecule has 0 N–H and O–H groups in total. The molecule has 0 bridgehead atoms. The first kappa shape index (κ1) is 22.2. The third-order valence-corrected chi connectivity index (χ3v) is 3.71. The lowest BCUT2D eigenvalue weighted by atomic mass is 10.1. The summed E-state index contributed by atoms with van der Waals surface area (Å²) in [5.74, 6) is 1.95. The molecule has 0 atom stereocenters. The second-order valence-corrected chi connectivity index (χ2v) is 5.78. The Labute approximate surface area is 180 Å². The van der Waals surface area contributed by atoms with Crippen molar-refractivity contribution < 1.29 is 0 Å². The predicted octanol–water partition coefficient (Wildman–Crippen LogP) is 5.31. The van der Waals surface area contributed by atoms with Gasteiger partial charge in [0.2, 0.25) is 0 Å². The van der Waals surface area contributed by atoms with E-state index in [-0.39, 0.29) is 22.6 Å². The van der Waals surface area contributed by atoms with Crippen LogP contribution in [0.5, 0.6) is 0 Å². The van der Waals surface area contributed by atoms with Gasteiger partial charge in [0.05, 0.1) is 16.9 Å². The first-order chi connectivity index (χ1) is 15.2. The lowest BCUT2D eigenvalue weighted by Crippen LogP contribution is -1.97. The molecule has 2 aromatic carbocycles. The van der Waals surface area contributed by atoms with E-state index in [2.05, 4.69) is 9.98 Å². The molecule has 0 fully saturated rings. The quantitative estimate of drug-likeness (QED) is 0.356. The fraction of sp³-hybridized carbons (Fsp3) is 0. The van der Waals surface area contributed by atoms with Crippen molar-refractivity contribution >= 4 is 28.7 Å². The van der Waals surface area contributed by atoms with Crippen molar-refractivity contribution in [2.24, 2.45) is 9.98 Å². The van der Waals surface area contributed by atoms with Gasteiger partial charge in [0.1, 0.15) is 18.2 Å². The minimum Gasteiger partial charge on any atom is -0.763 e. The molecule has 2 rings (SSSR count). The smallest absolute Gasteiger partial charge is 0.158 e. The molecule has 0 saturated carbocycles. The number of nitrogens with zero attached hydrogens (tertiary/aromatic N) is 6. The number of nitriles is 3. The first-order valence-corrected chi connectivity index (χ1v) is 9.02. The Morgan fingerprint density at radius 1 is 0.710 bits per heavy atom. The average molecular weight is 399 g/mol. The summed E-state index contributed by atoms with van der Waals surface area (Å²) in [7, 11) is 0. The van der Waals surface area contributed by atoms with Gasteiger partial charge in [0.15, 0.2) is 11.4 Å². The molecular formula is C25H15N6-. The monoisotopic (exact) mass is 399 g/mol. The highest BCUT2D eigenvalue weighted by Crippen LogP contribution is 2.13. The van der Waals surface area contributed by atoms with Gasteiger partial charge in [0, 0.05) is 5.57 Å². The Bertz CT molecular complexity index is 1240. The molecule has 0 aliphatic carbocycles. The summed E-state index contributed by atoms with van der Waals surface area (Å²) in [4.78, 5) is 8.35. The molecule has 0 spiro atoms. The van der Waals surface area contributed by atoms with E-state index < -0.39 is 0 Å². The van der Waals surface area contributed by atoms with E-state index in [0.717, 1.165) is 0 Å². The zero-order chi connectivity index (χ0) is 22.3. The highest BCUT2D eigenvalue weighted by atomic mass is 14.8. The highest BCUT2D eigenvalue weighted by Gasteiger charge is 2.05. The molecule has 0 amide bonds. The summed E-state index contributed by atoms with van der Waals surface area (Å²) < 4.78 is 0. The maximum absolute atomic E-state index is 9.33. The third-order valence-electron chi connectivity index (χ3n) is 3.71. The highest BCUT2D eigenvalue weighted by molar-refractivity contribution is 6.19. The Hall–Kier alpha value is -5.08. The second-order valence-electron chi connectivity index (χ2n) is 5.78. The van der Waals surface area contributed by atoms with Crippen LogP contribution in [0.25, 0.3) is 5.41 Å². The summed E-state index contributed by atoms with van der Waals surface area (Å²) in [5, 5.41) is 37.3. The van der Waals surface area contributed by atoms with Crippen molar-refractivity contribution in [2.75, 3.05) is 0 Å². The molecule has 0 aliphatic heterocycles. The summed E-state index contributed by atoms with van der Waals surface area (Å²) in [6.45, 7) is 0. The summed E-state index contributed by atoms with van der Waals surface area (Å²) in [6.07, 6.45) is 7.56. The van der Waals surface area contributed by atoms with E-state index in [1.807, 2.05) is 36.2 Å². The largest absolute Gasteiger partial charge is 0.763 e. The summed E-state index contributed by atoms with van der Waals surface area (Å²) in [5.41, 5.74) is 1.33. The fourth-order valence-corrected chi connectivity index (χ4v) is 2.26. The normalized spacial score (nSPS) is 12.1. The Kier molecular flexibility index (Phi) is 8.88. The Morgan fingerprint density at radius 2 is 1.26 bits per heavy atom. The number of allylic oxidation sites excluding steroid dienone is 7. The van der Waals surface area contributed by atoms with Gasteiger partial charge >= 0.3 is 0 Å². The fourth-order valence-electron chi connectivity index (χ4n) is 2.26. The molecule has 0 unspecified atom stereocenters. The minimum atomic E-state index is -0.00614. The van der Waals surface area contributed by atoms with Crippen molar-refractivity contribution in [3.05, 3.63) is 108 Å². The van der Waals surface area contributed by atoms with Crippen molar-refractivity contribution in [1.29, 1.82) is 15.8 Å². The Morgan fingerprint density at radius 3 is 1.74 bits per heavy atom. The van der Waals surface area contributed by atoms with Crippen LogP contribution in [0.4, 0.5) is 11.4 Å². The minimum absolute atomic E-state index is 0.00614. The SMILES string of the molecule is N#CC(=Nc1ccccc1)C(=C=[N-])/C=C/C=C/C=C(\C#N)C(C#N)=Nc1ccccc1. The van der Waals surface area contributed by atoms with Crippen LogP contribution in [0, 0.1) is 34.0 Å². The molecule has 0 radical (unpaired) electrons. The molecule has 0 aliphatic rings. The van der Waals surface area contributed by atoms with Crippen molar-refractivity contribution in [3.63, 3.8) is 0 Å². The van der Waals surface area contributed by atoms with Crippen LogP contribution in [0.1, 0.15) is 0 Å². The predicted molar refractivity (Wildman–Crippen MR) is 122 cm³/mol. The van der Waals surface area contributed by atoms with Gasteiger partial charge in [-0.3, -0.25) is 5.87 Å². The van der Waals surface area contributed by atoms with Gasteiger partial charge in [0.25, 0.3) is 0 Å². The van der Waals surface area contributed by atoms with Crippen molar-refractivity contribution in [1.82, 2.24) is 0 Å². The topological polar surface area (TPSA) is 118 Å². The zero-order valence-electron chi connectivity index (χ0n) is 16.3. The average Bonchev–Trinajstić information content (AvgIpc) is 2.82. The molecule has 31 heavy (non-hydrogen) atoms. The van der Waals surface area contributed by atoms with Gasteiger partial charge in [-0.1, -0.05) is 54.6 Å². The molecule has 6 heteroatoms. The first-order valence-electron chi connectivity index (χ1n) is 9.02. The molecule has 146 valence electrons. The summed E-state index contributed by atoms with van der Waals surface area (Å²) in [6, 6.07) is 23.5. The van der Waals surface area contributed by atoms with E-state index in [4.69, 9.17) is 0 Å². The van der Waals surface area contributed by atoms with Gasteiger partial charge in [-0.25, -0.2) is 9.98 Å². The number of benzene rings is 2. The van der Waals surface area contributed by atoms with Crippen LogP contribution in [0.15, 0.2) is 112 Å². The van der Waals surface area contributed by atoms with Crippen LogP contribution in [-0.2, 0) is 0 Å². The van der Waals surface area contributed by atoms with Gasteiger partial charge in [-0.05, 0) is 36.4 Å². The molecule has 0 heterocycles. The maximum Gasteiger partial charge on any atom is 0.158 e. The molecular weight excluding hydrogens is 384 g/mol. The van der Waals surface area contributed by atoms with E-state index >= 15 is 0 Å². The molecule has 2 aromatic rings. The van der Waals surface area contributed by atoms with Crippen LogP contribution in [0.2, 0.25) is 0 Å². The van der Waals surface area contributed by atoms with E-state index in [1.165, 1.54) is 12.2 Å². The van der Waals surface area contributed by atoms with Crippen LogP contribution in [0.3, 0.4) is 0 Å². The molecule has 0 aromatic heterocycles. The van der Waals surface area contributed by atoms with Gasteiger partial charge in [-0.2, -0.15) is 15.8 Å². The van der Waals surface area contributed by atoms with E-state index in [1.54, 1.807) is 66.8 Å². The van der Waals surface area contributed by atoms with Crippen molar-refractivity contribution in [3.8, 4) is 18.2 Å². The van der Waals surface area contributed by atoms with E-state index in [9.17, 15) is 21.2 Å². The number of hydrogen-bond acceptors (Lipinski definition) is 5.